The number of rotatable bonds is 6. The van der Waals surface area contributed by atoms with Crippen LogP contribution in [0.2, 0.25) is 0 Å². The van der Waals surface area contributed by atoms with Gasteiger partial charge in [0, 0.05) is 12.6 Å². The summed E-state index contributed by atoms with van der Waals surface area (Å²) >= 11 is 0. The maximum Gasteiger partial charge on any atom is 0.119 e. The number of aryl methyl sites for hydroxylation is 2. The van der Waals surface area contributed by atoms with Crippen LogP contribution >= 0.6 is 0 Å². The van der Waals surface area contributed by atoms with Crippen LogP contribution in [0.4, 0.5) is 0 Å². The van der Waals surface area contributed by atoms with Gasteiger partial charge in [-0.2, -0.15) is 0 Å². The van der Waals surface area contributed by atoms with E-state index in [0.717, 1.165) is 18.7 Å². The highest BCUT2D eigenvalue weighted by Crippen LogP contribution is 2.16. The van der Waals surface area contributed by atoms with Gasteiger partial charge in [-0.1, -0.05) is 6.07 Å². The van der Waals surface area contributed by atoms with Crippen LogP contribution in [0.5, 0.6) is 5.75 Å². The van der Waals surface area contributed by atoms with Gasteiger partial charge in [0.25, 0.3) is 0 Å². The molecule has 0 saturated carbocycles. The zero-order chi connectivity index (χ0) is 12.8. The summed E-state index contributed by atoms with van der Waals surface area (Å²) < 4.78 is 5.72. The van der Waals surface area contributed by atoms with E-state index < -0.39 is 0 Å². The van der Waals surface area contributed by atoms with Gasteiger partial charge in [-0.05, 0) is 57.6 Å². The van der Waals surface area contributed by atoms with Crippen LogP contribution in [0.1, 0.15) is 17.5 Å². The fraction of sp³-hybridized carbons (Fsp3) is 0.571. The summed E-state index contributed by atoms with van der Waals surface area (Å²) in [4.78, 5) is 2.10. The second-order valence-corrected chi connectivity index (χ2v) is 4.98. The molecule has 0 spiro atoms. The predicted molar refractivity (Wildman–Crippen MR) is 72.6 cm³/mol. The Morgan fingerprint density at radius 2 is 1.76 bits per heavy atom. The summed E-state index contributed by atoms with van der Waals surface area (Å²) in [6, 6.07) is 6.44. The van der Waals surface area contributed by atoms with Gasteiger partial charge in [0.05, 0.1) is 6.61 Å². The lowest BCUT2D eigenvalue weighted by atomic mass is 10.1. The van der Waals surface area contributed by atoms with Gasteiger partial charge in [0.1, 0.15) is 5.75 Å². The molecule has 0 aliphatic heterocycles. The van der Waals surface area contributed by atoms with Crippen molar-refractivity contribution >= 4 is 0 Å². The third-order valence-electron chi connectivity index (χ3n) is 2.55. The molecule has 3 nitrogen and oxygen atoms in total. The standard InChI is InChI=1S/C14H24N2O/c1-11-7-12(2)9-14(8-11)17-6-5-13(15)10-16(3)4/h7-9,13H,5-6,10,15H2,1-4H3. The Hall–Kier alpha value is -1.06. The summed E-state index contributed by atoms with van der Waals surface area (Å²) in [6.07, 6.45) is 0.880. The average Bonchev–Trinajstić information content (AvgIpc) is 2.14. The van der Waals surface area contributed by atoms with Crippen LogP contribution in [0.15, 0.2) is 18.2 Å². The molecule has 17 heavy (non-hydrogen) atoms. The Morgan fingerprint density at radius 3 is 2.29 bits per heavy atom. The minimum absolute atomic E-state index is 0.177. The number of benzene rings is 1. The normalized spacial score (nSPS) is 12.8. The molecule has 1 atom stereocenters. The minimum Gasteiger partial charge on any atom is -0.494 e. The molecular weight excluding hydrogens is 212 g/mol. The van der Waals surface area contributed by atoms with Crippen molar-refractivity contribution < 1.29 is 4.74 Å². The van der Waals surface area contributed by atoms with Crippen molar-refractivity contribution in [1.82, 2.24) is 4.90 Å². The zero-order valence-corrected chi connectivity index (χ0v) is 11.4. The summed E-state index contributed by atoms with van der Waals surface area (Å²) in [6.45, 7) is 5.74. The van der Waals surface area contributed by atoms with Gasteiger partial charge >= 0.3 is 0 Å². The fourth-order valence-corrected chi connectivity index (χ4v) is 1.90. The van der Waals surface area contributed by atoms with Crippen LogP contribution in [0.3, 0.4) is 0 Å². The summed E-state index contributed by atoms with van der Waals surface area (Å²) in [5.74, 6) is 0.944. The molecule has 0 aliphatic carbocycles. The number of nitrogens with two attached hydrogens (primary N) is 1. The molecule has 2 N–H and O–H groups in total. The highest BCUT2D eigenvalue weighted by Gasteiger charge is 2.04. The molecule has 0 amide bonds. The first-order chi connectivity index (χ1) is 7.97. The second kappa shape index (κ2) is 6.62. The summed E-state index contributed by atoms with van der Waals surface area (Å²) in [5, 5.41) is 0. The van der Waals surface area contributed by atoms with E-state index in [1.54, 1.807) is 0 Å². The lowest BCUT2D eigenvalue weighted by molar-refractivity contribution is 0.276. The Morgan fingerprint density at radius 1 is 1.18 bits per heavy atom. The molecule has 0 heterocycles. The molecule has 0 saturated heterocycles. The molecule has 0 fully saturated rings. The molecule has 0 aliphatic rings. The van der Waals surface area contributed by atoms with Crippen molar-refractivity contribution in [3.8, 4) is 5.75 Å². The molecule has 1 aromatic carbocycles. The van der Waals surface area contributed by atoms with Gasteiger partial charge in [-0.3, -0.25) is 0 Å². The Bertz CT molecular complexity index is 330. The lowest BCUT2D eigenvalue weighted by Crippen LogP contribution is -2.34. The number of likely N-dealkylation sites (N-methyl/N-ethyl adjacent to an activating group) is 1. The van der Waals surface area contributed by atoms with E-state index in [1.807, 2.05) is 14.1 Å². The van der Waals surface area contributed by atoms with Crippen molar-refractivity contribution in [2.24, 2.45) is 5.73 Å². The van der Waals surface area contributed by atoms with Gasteiger partial charge in [0.15, 0.2) is 0 Å². The monoisotopic (exact) mass is 236 g/mol. The van der Waals surface area contributed by atoms with E-state index >= 15 is 0 Å². The smallest absolute Gasteiger partial charge is 0.119 e. The first-order valence-electron chi connectivity index (χ1n) is 6.09. The van der Waals surface area contributed by atoms with E-state index in [2.05, 4.69) is 36.9 Å². The molecule has 0 bridgehead atoms. The number of hydrogen-bond donors (Lipinski definition) is 1. The van der Waals surface area contributed by atoms with Crippen molar-refractivity contribution in [2.75, 3.05) is 27.2 Å². The van der Waals surface area contributed by atoms with E-state index in [0.29, 0.717) is 6.61 Å². The van der Waals surface area contributed by atoms with Crippen molar-refractivity contribution in [3.05, 3.63) is 29.3 Å². The van der Waals surface area contributed by atoms with Gasteiger partial charge < -0.3 is 15.4 Å². The minimum atomic E-state index is 0.177. The topological polar surface area (TPSA) is 38.5 Å². The van der Waals surface area contributed by atoms with Gasteiger partial charge in [-0.15, -0.1) is 0 Å². The highest BCUT2D eigenvalue weighted by atomic mass is 16.5. The fourth-order valence-electron chi connectivity index (χ4n) is 1.90. The molecule has 0 radical (unpaired) electrons. The summed E-state index contributed by atoms with van der Waals surface area (Å²) in [7, 11) is 4.06. The molecule has 3 heteroatoms. The number of nitrogens with zero attached hydrogens (tertiary/aromatic N) is 1. The third kappa shape index (κ3) is 5.71. The van der Waals surface area contributed by atoms with Crippen LogP contribution < -0.4 is 10.5 Å². The Kier molecular flexibility index (Phi) is 5.45. The van der Waals surface area contributed by atoms with Crippen molar-refractivity contribution in [2.45, 2.75) is 26.3 Å². The second-order valence-electron chi connectivity index (χ2n) is 4.98. The molecule has 0 aromatic heterocycles. The predicted octanol–water partition coefficient (Wildman–Crippen LogP) is 1.96. The van der Waals surface area contributed by atoms with Crippen molar-refractivity contribution in [1.29, 1.82) is 0 Å². The molecule has 1 rings (SSSR count). The zero-order valence-electron chi connectivity index (χ0n) is 11.4. The Labute approximate surface area is 105 Å². The quantitative estimate of drug-likeness (QED) is 0.820. The third-order valence-corrected chi connectivity index (χ3v) is 2.55. The Balaban J connectivity index is 2.35. The number of hydrogen-bond acceptors (Lipinski definition) is 3. The molecule has 96 valence electrons. The first kappa shape index (κ1) is 14.0. The lowest BCUT2D eigenvalue weighted by Gasteiger charge is -2.17. The summed E-state index contributed by atoms with van der Waals surface area (Å²) in [5.41, 5.74) is 8.44. The van der Waals surface area contributed by atoms with E-state index in [9.17, 15) is 0 Å². The van der Waals surface area contributed by atoms with E-state index in [1.165, 1.54) is 11.1 Å². The van der Waals surface area contributed by atoms with Crippen LogP contribution in [0, 0.1) is 13.8 Å². The number of ether oxygens (including phenoxy) is 1. The van der Waals surface area contributed by atoms with E-state index in [4.69, 9.17) is 10.5 Å². The maximum absolute atomic E-state index is 5.98. The SMILES string of the molecule is Cc1cc(C)cc(OCCC(N)CN(C)C)c1. The van der Waals surface area contributed by atoms with Gasteiger partial charge in [0.2, 0.25) is 0 Å². The molecule has 1 aromatic rings. The van der Waals surface area contributed by atoms with Gasteiger partial charge in [-0.25, -0.2) is 0 Å². The van der Waals surface area contributed by atoms with Crippen LogP contribution in [-0.2, 0) is 0 Å². The largest absolute Gasteiger partial charge is 0.494 e. The van der Waals surface area contributed by atoms with Crippen molar-refractivity contribution in [3.63, 3.8) is 0 Å². The first-order valence-corrected chi connectivity index (χ1v) is 6.09. The maximum atomic E-state index is 5.98. The van der Waals surface area contributed by atoms with E-state index in [-0.39, 0.29) is 6.04 Å². The molecule has 1 unspecified atom stereocenters. The average molecular weight is 236 g/mol. The highest BCUT2D eigenvalue weighted by molar-refractivity contribution is 5.32. The van der Waals surface area contributed by atoms with Crippen LogP contribution in [0.25, 0.3) is 0 Å². The molecular formula is C14H24N2O. The van der Waals surface area contributed by atoms with Crippen LogP contribution in [-0.4, -0.2) is 38.2 Å².